The van der Waals surface area contributed by atoms with Crippen molar-refractivity contribution < 1.29 is 18.3 Å². The van der Waals surface area contributed by atoms with Crippen LogP contribution in [0.3, 0.4) is 0 Å². The van der Waals surface area contributed by atoms with Crippen LogP contribution in [0.15, 0.2) is 18.2 Å². The van der Waals surface area contributed by atoms with Crippen molar-refractivity contribution in [2.75, 3.05) is 53.0 Å². The van der Waals surface area contributed by atoms with Crippen LogP contribution in [0.2, 0.25) is 0 Å². The van der Waals surface area contributed by atoms with E-state index < -0.39 is 17.0 Å². The fourth-order valence-corrected chi connectivity index (χ4v) is 4.29. The standard InChI is InChI=1S/C20H29F2N3O2.2ClH/c1-15(17-4-3-16(21)13-18(17)22)24-9-11-25(12-10-24)19(26)20(14-27-2)5-7-23-8-6-20;;/h3-4,13,15,23H,5-12,14H2,1-2H3;2*1H. The van der Waals surface area contributed by atoms with Crippen LogP contribution in [0.25, 0.3) is 0 Å². The summed E-state index contributed by atoms with van der Waals surface area (Å²) < 4.78 is 32.6. The highest BCUT2D eigenvalue weighted by molar-refractivity contribution is 5.85. The summed E-state index contributed by atoms with van der Waals surface area (Å²) in [6, 6.07) is 3.57. The first-order valence-electron chi connectivity index (χ1n) is 9.65. The molecule has 0 spiro atoms. The molecule has 29 heavy (non-hydrogen) atoms. The molecule has 1 N–H and O–H groups in total. The number of nitrogens with one attached hydrogen (secondary N) is 1. The third kappa shape index (κ3) is 5.79. The van der Waals surface area contributed by atoms with Crippen LogP contribution < -0.4 is 5.32 Å². The number of benzene rings is 1. The van der Waals surface area contributed by atoms with Gasteiger partial charge >= 0.3 is 0 Å². The van der Waals surface area contributed by atoms with E-state index in [2.05, 4.69) is 10.2 Å². The molecule has 0 aliphatic carbocycles. The lowest BCUT2D eigenvalue weighted by Crippen LogP contribution is -2.56. The average Bonchev–Trinajstić information content (AvgIpc) is 2.68. The Balaban J connectivity index is 0.00000210. The molecule has 0 aromatic heterocycles. The van der Waals surface area contributed by atoms with Gasteiger partial charge in [-0.15, -0.1) is 24.8 Å². The van der Waals surface area contributed by atoms with E-state index in [-0.39, 0.29) is 36.8 Å². The summed E-state index contributed by atoms with van der Waals surface area (Å²) in [5, 5.41) is 3.31. The third-order valence-electron chi connectivity index (χ3n) is 6.00. The zero-order valence-corrected chi connectivity index (χ0v) is 18.6. The number of nitrogens with zero attached hydrogens (tertiary/aromatic N) is 2. The molecule has 2 fully saturated rings. The van der Waals surface area contributed by atoms with Crippen molar-refractivity contribution in [3.63, 3.8) is 0 Å². The van der Waals surface area contributed by atoms with Gasteiger partial charge in [0.2, 0.25) is 5.91 Å². The Morgan fingerprint density at radius 2 is 1.79 bits per heavy atom. The fourth-order valence-electron chi connectivity index (χ4n) is 4.29. The van der Waals surface area contributed by atoms with Gasteiger partial charge in [-0.25, -0.2) is 8.78 Å². The molecule has 2 aliphatic heterocycles. The number of hydrogen-bond donors (Lipinski definition) is 1. The highest BCUT2D eigenvalue weighted by Gasteiger charge is 2.43. The Kier molecular flexibility index (Phi) is 10.3. The number of rotatable bonds is 5. The predicted octanol–water partition coefficient (Wildman–Crippen LogP) is 3.03. The van der Waals surface area contributed by atoms with Crippen molar-refractivity contribution in [1.82, 2.24) is 15.1 Å². The highest BCUT2D eigenvalue weighted by Crippen LogP contribution is 2.33. The van der Waals surface area contributed by atoms with E-state index >= 15 is 0 Å². The topological polar surface area (TPSA) is 44.8 Å². The van der Waals surface area contributed by atoms with E-state index in [1.54, 1.807) is 7.11 Å². The summed E-state index contributed by atoms with van der Waals surface area (Å²) in [4.78, 5) is 17.3. The molecule has 0 saturated carbocycles. The molecule has 3 rings (SSSR count). The van der Waals surface area contributed by atoms with Crippen LogP contribution >= 0.6 is 24.8 Å². The third-order valence-corrected chi connectivity index (χ3v) is 6.00. The molecule has 1 aromatic rings. The molecule has 1 unspecified atom stereocenters. The first kappa shape index (κ1) is 26.0. The van der Waals surface area contributed by atoms with E-state index in [0.29, 0.717) is 38.3 Å². The fraction of sp³-hybridized carbons (Fsp3) is 0.650. The number of ether oxygens (including phenoxy) is 1. The smallest absolute Gasteiger partial charge is 0.231 e. The Hall–Kier alpha value is -0.990. The monoisotopic (exact) mass is 453 g/mol. The van der Waals surface area contributed by atoms with Gasteiger partial charge in [-0.1, -0.05) is 6.07 Å². The average molecular weight is 454 g/mol. The predicted molar refractivity (Wildman–Crippen MR) is 114 cm³/mol. The molecular formula is C20H31Cl2F2N3O2. The molecule has 1 atom stereocenters. The molecule has 9 heteroatoms. The van der Waals surface area contributed by atoms with Gasteiger partial charge in [0.1, 0.15) is 11.6 Å². The number of amides is 1. The maximum absolute atomic E-state index is 14.1. The quantitative estimate of drug-likeness (QED) is 0.743. The van der Waals surface area contributed by atoms with Crippen molar-refractivity contribution in [2.24, 2.45) is 5.41 Å². The number of methoxy groups -OCH3 is 1. The van der Waals surface area contributed by atoms with E-state index in [9.17, 15) is 13.6 Å². The minimum absolute atomic E-state index is 0. The van der Waals surface area contributed by atoms with Crippen molar-refractivity contribution in [1.29, 1.82) is 0 Å². The molecule has 1 aromatic carbocycles. The zero-order valence-electron chi connectivity index (χ0n) is 17.0. The molecule has 2 heterocycles. The van der Waals surface area contributed by atoms with Crippen molar-refractivity contribution in [3.8, 4) is 0 Å². The largest absolute Gasteiger partial charge is 0.384 e. The summed E-state index contributed by atoms with van der Waals surface area (Å²) in [6.45, 7) is 6.61. The maximum Gasteiger partial charge on any atom is 0.231 e. The highest BCUT2D eigenvalue weighted by atomic mass is 35.5. The van der Waals surface area contributed by atoms with Gasteiger partial charge in [0.05, 0.1) is 12.0 Å². The summed E-state index contributed by atoms with van der Waals surface area (Å²) >= 11 is 0. The minimum atomic E-state index is -0.565. The van der Waals surface area contributed by atoms with Gasteiger partial charge < -0.3 is 15.0 Å². The number of piperidine rings is 1. The van der Waals surface area contributed by atoms with Crippen molar-refractivity contribution >= 4 is 30.7 Å². The first-order chi connectivity index (χ1) is 13.0. The van der Waals surface area contributed by atoms with Crippen molar-refractivity contribution in [3.05, 3.63) is 35.4 Å². The Morgan fingerprint density at radius 3 is 2.34 bits per heavy atom. The number of hydrogen-bond acceptors (Lipinski definition) is 4. The van der Waals surface area contributed by atoms with Gasteiger partial charge in [-0.2, -0.15) is 0 Å². The molecular weight excluding hydrogens is 423 g/mol. The van der Waals surface area contributed by atoms with Crippen molar-refractivity contribution in [2.45, 2.75) is 25.8 Å². The Morgan fingerprint density at radius 1 is 1.17 bits per heavy atom. The molecule has 5 nitrogen and oxygen atoms in total. The van der Waals surface area contributed by atoms with E-state index in [1.807, 2.05) is 11.8 Å². The summed E-state index contributed by atoms with van der Waals surface area (Å²) in [5.74, 6) is -0.912. The van der Waals surface area contributed by atoms with Gasteiger partial charge in [0, 0.05) is 51.0 Å². The number of piperazine rings is 1. The van der Waals surface area contributed by atoms with Gasteiger partial charge in [0.25, 0.3) is 0 Å². The second-order valence-electron chi connectivity index (χ2n) is 7.63. The number of carbonyl (C=O) groups excluding carboxylic acids is 1. The number of halogens is 4. The molecule has 2 aliphatic rings. The van der Waals surface area contributed by atoms with Crippen LogP contribution in [0.4, 0.5) is 8.78 Å². The van der Waals surface area contributed by atoms with Crippen LogP contribution in [-0.2, 0) is 9.53 Å². The lowest BCUT2D eigenvalue weighted by Gasteiger charge is -2.44. The van der Waals surface area contributed by atoms with E-state index in [1.165, 1.54) is 12.1 Å². The van der Waals surface area contributed by atoms with E-state index in [4.69, 9.17) is 4.74 Å². The molecule has 1 amide bonds. The van der Waals surface area contributed by atoms with Gasteiger partial charge in [-0.05, 0) is 38.9 Å². The Bertz CT molecular complexity index is 662. The lowest BCUT2D eigenvalue weighted by atomic mass is 9.78. The summed E-state index contributed by atoms with van der Waals surface area (Å²) in [5.41, 5.74) is 0.0574. The normalized spacial score (nSPS) is 20.3. The molecule has 0 radical (unpaired) electrons. The SMILES string of the molecule is COCC1(C(=O)N2CCN(C(C)c3ccc(F)cc3F)CC2)CCNCC1.Cl.Cl. The van der Waals surface area contributed by atoms with Crippen LogP contribution in [0.1, 0.15) is 31.4 Å². The molecule has 0 bridgehead atoms. The maximum atomic E-state index is 14.1. The lowest BCUT2D eigenvalue weighted by molar-refractivity contribution is -0.149. The van der Waals surface area contributed by atoms with Crippen LogP contribution in [0, 0.1) is 17.0 Å². The van der Waals surface area contributed by atoms with Gasteiger partial charge in [0.15, 0.2) is 0 Å². The minimum Gasteiger partial charge on any atom is -0.384 e. The van der Waals surface area contributed by atoms with Gasteiger partial charge in [-0.3, -0.25) is 9.69 Å². The van der Waals surface area contributed by atoms with Crippen LogP contribution in [-0.4, -0.2) is 68.7 Å². The summed E-state index contributed by atoms with van der Waals surface area (Å²) in [7, 11) is 1.65. The Labute approximate surface area is 184 Å². The second-order valence-corrected chi connectivity index (χ2v) is 7.63. The summed E-state index contributed by atoms with van der Waals surface area (Å²) in [6.07, 6.45) is 1.58. The molecule has 2 saturated heterocycles. The molecule has 166 valence electrons. The van der Waals surface area contributed by atoms with Crippen LogP contribution in [0.5, 0.6) is 0 Å². The first-order valence-corrected chi connectivity index (χ1v) is 9.65. The second kappa shape index (κ2) is 11.4. The zero-order chi connectivity index (χ0) is 19.4. The number of carbonyl (C=O) groups is 1. The van der Waals surface area contributed by atoms with E-state index in [0.717, 1.165) is 32.0 Å².